The number of carbonyl (C=O) groups excluding carboxylic acids is 2. The molecule has 0 aliphatic rings. The van der Waals surface area contributed by atoms with E-state index in [1.807, 2.05) is 0 Å². The zero-order valence-corrected chi connectivity index (χ0v) is 17.6. The summed E-state index contributed by atoms with van der Waals surface area (Å²) in [6, 6.07) is 10.5. The summed E-state index contributed by atoms with van der Waals surface area (Å²) in [5.74, 6) is -1.10. The molecule has 3 aromatic rings. The molecule has 1 heterocycles. The molecule has 0 unspecified atom stereocenters. The molecule has 0 saturated heterocycles. The molecule has 0 atom stereocenters. The van der Waals surface area contributed by atoms with Gasteiger partial charge < -0.3 is 5.32 Å². The lowest BCUT2D eigenvalue weighted by molar-refractivity contribution is -0.384. The largest absolute Gasteiger partial charge is 0.326 e. The van der Waals surface area contributed by atoms with Gasteiger partial charge in [-0.1, -0.05) is 0 Å². The molecule has 0 spiro atoms. The number of nitro benzene ring substituents is 1. The van der Waals surface area contributed by atoms with Gasteiger partial charge in [0.15, 0.2) is 5.01 Å². The molecule has 3 rings (SSSR count). The number of rotatable bonds is 7. The van der Waals surface area contributed by atoms with Gasteiger partial charge in [-0.3, -0.25) is 19.7 Å². The van der Waals surface area contributed by atoms with Gasteiger partial charge in [0.25, 0.3) is 5.69 Å². The van der Waals surface area contributed by atoms with Crippen molar-refractivity contribution in [1.29, 1.82) is 0 Å². The molecule has 9 nitrogen and oxygen atoms in total. The number of anilines is 1. The van der Waals surface area contributed by atoms with Crippen LogP contribution in [0.25, 0.3) is 6.08 Å². The minimum Gasteiger partial charge on any atom is -0.326 e. The van der Waals surface area contributed by atoms with Gasteiger partial charge in [0.2, 0.25) is 21.5 Å². The van der Waals surface area contributed by atoms with Gasteiger partial charge >= 0.3 is 0 Å². The highest BCUT2D eigenvalue weighted by Crippen LogP contribution is 2.27. The van der Waals surface area contributed by atoms with E-state index in [0.717, 1.165) is 17.4 Å². The summed E-state index contributed by atoms with van der Waals surface area (Å²) in [5, 5.41) is 14.9. The normalized spacial score (nSPS) is 11.7. The summed E-state index contributed by atoms with van der Waals surface area (Å²) in [5.41, 5.74) is 0.531. The Balaban J connectivity index is 2.07. The van der Waals surface area contributed by atoms with Gasteiger partial charge in [-0.2, -0.15) is 0 Å². The first-order valence-electron chi connectivity index (χ1n) is 8.71. The molecule has 1 amide bonds. The predicted molar refractivity (Wildman–Crippen MR) is 115 cm³/mol. The molecule has 0 saturated carbocycles. The Labute approximate surface area is 181 Å². The summed E-state index contributed by atoms with van der Waals surface area (Å²) in [4.78, 5) is 37.6. The summed E-state index contributed by atoms with van der Waals surface area (Å²) in [7, 11) is -4.26. The number of thiazole rings is 1. The van der Waals surface area contributed by atoms with Crippen LogP contribution in [0.3, 0.4) is 0 Å². The molecular formula is C20H15N3O6S2. The molecule has 0 fully saturated rings. The van der Waals surface area contributed by atoms with Crippen LogP contribution in [-0.4, -0.2) is 30.0 Å². The third-order valence-electron chi connectivity index (χ3n) is 4.03. The van der Waals surface area contributed by atoms with Crippen molar-refractivity contribution in [3.63, 3.8) is 0 Å². The Hall–Kier alpha value is -3.70. The fourth-order valence-electron chi connectivity index (χ4n) is 2.60. The van der Waals surface area contributed by atoms with Crippen molar-refractivity contribution in [2.75, 3.05) is 5.32 Å². The van der Waals surface area contributed by atoms with Crippen LogP contribution >= 0.6 is 11.3 Å². The third kappa shape index (κ3) is 5.08. The van der Waals surface area contributed by atoms with Crippen molar-refractivity contribution in [1.82, 2.24) is 4.98 Å². The van der Waals surface area contributed by atoms with Crippen LogP contribution in [0.15, 0.2) is 69.9 Å². The zero-order chi connectivity index (χ0) is 22.6. The van der Waals surface area contributed by atoms with Crippen LogP contribution < -0.4 is 5.32 Å². The van der Waals surface area contributed by atoms with Crippen LogP contribution in [0.4, 0.5) is 11.4 Å². The van der Waals surface area contributed by atoms with Gasteiger partial charge in [0.1, 0.15) is 4.91 Å². The fourth-order valence-corrected chi connectivity index (χ4v) is 4.63. The van der Waals surface area contributed by atoms with E-state index in [4.69, 9.17) is 0 Å². The highest BCUT2D eigenvalue weighted by Gasteiger charge is 2.29. The highest BCUT2D eigenvalue weighted by atomic mass is 32.2. The lowest BCUT2D eigenvalue weighted by Gasteiger charge is -2.09. The van der Waals surface area contributed by atoms with E-state index in [1.54, 1.807) is 5.38 Å². The molecule has 31 heavy (non-hydrogen) atoms. The maximum atomic E-state index is 13.3. The Kier molecular flexibility index (Phi) is 6.37. The number of benzene rings is 2. The quantitative estimate of drug-likeness (QED) is 0.247. The van der Waals surface area contributed by atoms with Gasteiger partial charge in [-0.25, -0.2) is 13.4 Å². The van der Waals surface area contributed by atoms with Gasteiger partial charge in [-0.15, -0.1) is 11.3 Å². The second-order valence-corrected chi connectivity index (χ2v) is 9.05. The summed E-state index contributed by atoms with van der Waals surface area (Å²) in [6.07, 6.45) is 2.54. The first-order valence-corrected chi connectivity index (χ1v) is 11.1. The molecule has 11 heteroatoms. The Morgan fingerprint density at radius 1 is 1.10 bits per heavy atom. The zero-order valence-electron chi connectivity index (χ0n) is 16.0. The Bertz CT molecular complexity index is 1260. The summed E-state index contributed by atoms with van der Waals surface area (Å²) < 4.78 is 26.5. The monoisotopic (exact) mass is 457 g/mol. The van der Waals surface area contributed by atoms with E-state index in [2.05, 4.69) is 10.3 Å². The number of hydrogen-bond donors (Lipinski definition) is 1. The molecule has 0 aliphatic heterocycles. The van der Waals surface area contributed by atoms with Crippen LogP contribution in [-0.2, 0) is 14.6 Å². The number of carbonyl (C=O) groups is 2. The third-order valence-corrected chi connectivity index (χ3v) is 6.57. The van der Waals surface area contributed by atoms with Gasteiger partial charge in [0, 0.05) is 36.3 Å². The topological polar surface area (TPSA) is 136 Å². The van der Waals surface area contributed by atoms with E-state index in [0.29, 0.717) is 11.3 Å². The SMILES string of the molecule is CC(=O)Nc1ccc(S(=O)(=O)/C(=C\c2ccc([N+](=O)[O-])cc2)C(=O)c2nccs2)cc1. The van der Waals surface area contributed by atoms with Crippen molar-refractivity contribution in [2.45, 2.75) is 11.8 Å². The predicted octanol–water partition coefficient (Wildman–Crippen LogP) is 3.71. The number of hydrogen-bond acceptors (Lipinski definition) is 8. The standard InChI is InChI=1S/C20H15N3O6S2/c1-13(24)22-15-4-8-17(9-5-15)31(28,29)18(19(25)20-21-10-11-30-20)12-14-2-6-16(7-3-14)23(26)27/h2-12H,1H3,(H,22,24)/b18-12-. The molecular weight excluding hydrogens is 442 g/mol. The number of sulfone groups is 1. The van der Waals surface area contributed by atoms with Gasteiger partial charge in [0.05, 0.1) is 9.82 Å². The molecule has 0 radical (unpaired) electrons. The van der Waals surface area contributed by atoms with E-state index < -0.39 is 25.4 Å². The average molecular weight is 457 g/mol. The van der Waals surface area contributed by atoms with Crippen LogP contribution in [0, 0.1) is 10.1 Å². The van der Waals surface area contributed by atoms with Crippen LogP contribution in [0.1, 0.15) is 22.3 Å². The van der Waals surface area contributed by atoms with Gasteiger partial charge in [-0.05, 0) is 48.0 Å². The number of ketones is 1. The van der Waals surface area contributed by atoms with Crippen molar-refractivity contribution < 1.29 is 22.9 Å². The molecule has 0 aliphatic carbocycles. The smallest absolute Gasteiger partial charge is 0.269 e. The maximum absolute atomic E-state index is 13.3. The van der Waals surface area contributed by atoms with E-state index in [9.17, 15) is 28.1 Å². The first kappa shape index (κ1) is 22.0. The molecule has 1 N–H and O–H groups in total. The van der Waals surface area contributed by atoms with Crippen molar-refractivity contribution >= 4 is 50.3 Å². The van der Waals surface area contributed by atoms with E-state index in [1.165, 1.54) is 61.7 Å². The maximum Gasteiger partial charge on any atom is 0.269 e. The fraction of sp³-hybridized carbons (Fsp3) is 0.0500. The van der Waals surface area contributed by atoms with Crippen LogP contribution in [0.5, 0.6) is 0 Å². The summed E-state index contributed by atoms with van der Waals surface area (Å²) in [6.45, 7) is 1.32. The lowest BCUT2D eigenvalue weighted by Crippen LogP contribution is -2.14. The molecule has 158 valence electrons. The van der Waals surface area contributed by atoms with E-state index in [-0.39, 0.29) is 21.5 Å². The number of nitrogens with one attached hydrogen (secondary N) is 1. The second-order valence-electron chi connectivity index (χ2n) is 6.23. The molecule has 0 bridgehead atoms. The first-order chi connectivity index (χ1) is 14.7. The highest BCUT2D eigenvalue weighted by molar-refractivity contribution is 7.96. The summed E-state index contributed by atoms with van der Waals surface area (Å²) >= 11 is 0.994. The average Bonchev–Trinajstić information content (AvgIpc) is 3.26. The number of Topliss-reactive ketones (excluding diaryl/α,β-unsaturated/α-hetero) is 1. The Morgan fingerprint density at radius 3 is 2.26 bits per heavy atom. The number of nitrogens with zero attached hydrogens (tertiary/aromatic N) is 2. The number of non-ortho nitro benzene ring substituents is 1. The van der Waals surface area contributed by atoms with Crippen molar-refractivity contribution in [2.24, 2.45) is 0 Å². The number of aromatic nitrogens is 1. The molecule has 1 aromatic heterocycles. The van der Waals surface area contributed by atoms with Crippen molar-refractivity contribution in [3.05, 3.63) is 85.7 Å². The second kappa shape index (κ2) is 8.98. The number of amides is 1. The lowest BCUT2D eigenvalue weighted by atomic mass is 10.2. The van der Waals surface area contributed by atoms with E-state index >= 15 is 0 Å². The Morgan fingerprint density at radius 2 is 1.74 bits per heavy atom. The minimum atomic E-state index is -4.26. The van der Waals surface area contributed by atoms with Crippen LogP contribution in [0.2, 0.25) is 0 Å². The van der Waals surface area contributed by atoms with Crippen molar-refractivity contribution in [3.8, 4) is 0 Å². The number of nitro groups is 1. The number of allylic oxidation sites excluding steroid dienone is 1. The minimum absolute atomic E-state index is 0.00777. The molecule has 2 aromatic carbocycles.